The molecule has 3 fully saturated rings. The molecule has 1 saturated carbocycles. The fourth-order valence-corrected chi connectivity index (χ4v) is 4.39. The number of hydrogen-bond acceptors (Lipinski definition) is 3. The molecule has 5 nitrogen and oxygen atoms in total. The number of carbonyl (C=O) groups excluding carboxylic acids is 2. The summed E-state index contributed by atoms with van der Waals surface area (Å²) >= 11 is 5.91. The van der Waals surface area contributed by atoms with Crippen LogP contribution in [0.3, 0.4) is 0 Å². The van der Waals surface area contributed by atoms with Gasteiger partial charge in [0.2, 0.25) is 11.8 Å². The Balaban J connectivity index is 1.33. The van der Waals surface area contributed by atoms with E-state index >= 15 is 0 Å². The minimum atomic E-state index is 0.0366. The number of amides is 2. The smallest absolute Gasteiger partial charge is 0.242 e. The number of piperazine rings is 1. The van der Waals surface area contributed by atoms with Crippen LogP contribution < -0.4 is 5.32 Å². The quantitative estimate of drug-likeness (QED) is 0.894. The Kier molecular flexibility index (Phi) is 4.46. The maximum atomic E-state index is 12.8. The van der Waals surface area contributed by atoms with Crippen LogP contribution in [0.4, 0.5) is 0 Å². The lowest BCUT2D eigenvalue weighted by atomic mass is 9.91. The van der Waals surface area contributed by atoms with Gasteiger partial charge in [-0.05, 0) is 55.5 Å². The van der Waals surface area contributed by atoms with E-state index in [1.807, 2.05) is 29.2 Å². The Morgan fingerprint density at radius 3 is 2.60 bits per heavy atom. The Hall–Kier alpha value is -1.59. The molecule has 1 aromatic rings. The first-order valence-corrected chi connectivity index (χ1v) is 9.47. The molecule has 1 aromatic carbocycles. The number of hydrogen-bond donors (Lipinski definition) is 1. The Labute approximate surface area is 153 Å². The fraction of sp³-hybridized carbons (Fsp3) is 0.579. The molecule has 6 heteroatoms. The van der Waals surface area contributed by atoms with E-state index in [1.54, 1.807) is 4.90 Å². The SMILES string of the molecule is O=C1CN(C(=O)C2CC23CCNCC3)CCN1Cc1ccc(Cl)cc1. The average Bonchev–Trinajstić information content (AvgIpc) is 3.31. The maximum absolute atomic E-state index is 12.8. The highest BCUT2D eigenvalue weighted by Gasteiger charge is 2.58. The van der Waals surface area contributed by atoms with E-state index in [0.717, 1.165) is 37.9 Å². The molecule has 1 aliphatic carbocycles. The molecule has 4 rings (SSSR count). The lowest BCUT2D eigenvalue weighted by Gasteiger charge is -2.35. The minimum Gasteiger partial charge on any atom is -0.335 e. The van der Waals surface area contributed by atoms with E-state index < -0.39 is 0 Å². The first kappa shape index (κ1) is 16.9. The van der Waals surface area contributed by atoms with Crippen molar-refractivity contribution in [3.8, 4) is 0 Å². The zero-order chi connectivity index (χ0) is 17.4. The lowest BCUT2D eigenvalue weighted by molar-refractivity contribution is -0.147. The standard InChI is InChI=1S/C19H24ClN3O2/c20-15-3-1-14(2-4-15)12-22-9-10-23(13-17(22)24)18(25)16-11-19(16)5-7-21-8-6-19/h1-4,16,21H,5-13H2. The van der Waals surface area contributed by atoms with Crippen molar-refractivity contribution in [1.82, 2.24) is 15.1 Å². The number of nitrogens with one attached hydrogen (secondary N) is 1. The second-order valence-corrected chi connectivity index (χ2v) is 8.01. The van der Waals surface area contributed by atoms with Gasteiger partial charge in [0, 0.05) is 30.6 Å². The summed E-state index contributed by atoms with van der Waals surface area (Å²) in [4.78, 5) is 28.9. The topological polar surface area (TPSA) is 52.7 Å². The summed E-state index contributed by atoms with van der Waals surface area (Å²) in [5.41, 5.74) is 1.29. The molecule has 0 radical (unpaired) electrons. The second-order valence-electron chi connectivity index (χ2n) is 7.57. The van der Waals surface area contributed by atoms with Crippen LogP contribution in [-0.2, 0) is 16.1 Å². The van der Waals surface area contributed by atoms with Gasteiger partial charge in [0.25, 0.3) is 0 Å². The molecule has 2 heterocycles. The molecule has 0 aromatic heterocycles. The van der Waals surface area contributed by atoms with Crippen molar-refractivity contribution >= 4 is 23.4 Å². The van der Waals surface area contributed by atoms with Crippen LogP contribution in [0.25, 0.3) is 0 Å². The van der Waals surface area contributed by atoms with Gasteiger partial charge in [0.05, 0.1) is 6.54 Å². The Bertz CT molecular complexity index is 670. The largest absolute Gasteiger partial charge is 0.335 e. The predicted octanol–water partition coefficient (Wildman–Crippen LogP) is 1.90. The van der Waals surface area contributed by atoms with E-state index in [0.29, 0.717) is 24.7 Å². The molecule has 0 bridgehead atoms. The van der Waals surface area contributed by atoms with Gasteiger partial charge in [-0.3, -0.25) is 9.59 Å². The number of carbonyl (C=O) groups is 2. The van der Waals surface area contributed by atoms with Crippen LogP contribution in [0.15, 0.2) is 24.3 Å². The van der Waals surface area contributed by atoms with Crippen molar-refractivity contribution in [3.05, 3.63) is 34.9 Å². The summed E-state index contributed by atoms with van der Waals surface area (Å²) in [6, 6.07) is 7.57. The second kappa shape index (κ2) is 6.61. The minimum absolute atomic E-state index is 0.0366. The van der Waals surface area contributed by atoms with Crippen molar-refractivity contribution < 1.29 is 9.59 Å². The molecule has 1 atom stereocenters. The van der Waals surface area contributed by atoms with Crippen molar-refractivity contribution in [2.45, 2.75) is 25.8 Å². The summed E-state index contributed by atoms with van der Waals surface area (Å²) in [6.07, 6.45) is 3.19. The summed E-state index contributed by atoms with van der Waals surface area (Å²) in [7, 11) is 0. The number of nitrogens with zero attached hydrogens (tertiary/aromatic N) is 2. The normalized spacial score (nSPS) is 25.3. The van der Waals surface area contributed by atoms with Gasteiger partial charge in [0.1, 0.15) is 0 Å². The van der Waals surface area contributed by atoms with Crippen LogP contribution >= 0.6 is 11.6 Å². The Morgan fingerprint density at radius 1 is 1.20 bits per heavy atom. The number of halogens is 1. The first-order chi connectivity index (χ1) is 12.1. The molecule has 2 saturated heterocycles. The van der Waals surface area contributed by atoms with Gasteiger partial charge in [-0.2, -0.15) is 0 Å². The van der Waals surface area contributed by atoms with E-state index in [4.69, 9.17) is 11.6 Å². The molecule has 134 valence electrons. The summed E-state index contributed by atoms with van der Waals surface area (Å²) in [5.74, 6) is 0.376. The third-order valence-electron chi connectivity index (χ3n) is 6.00. The van der Waals surface area contributed by atoms with Gasteiger partial charge in [-0.1, -0.05) is 23.7 Å². The molecular weight excluding hydrogens is 338 g/mol. The van der Waals surface area contributed by atoms with Crippen LogP contribution in [0, 0.1) is 11.3 Å². The summed E-state index contributed by atoms with van der Waals surface area (Å²) in [5, 5.41) is 4.06. The molecular formula is C19H24ClN3O2. The Morgan fingerprint density at radius 2 is 1.92 bits per heavy atom. The number of piperidine rings is 1. The highest BCUT2D eigenvalue weighted by molar-refractivity contribution is 6.30. The molecule has 1 unspecified atom stereocenters. The van der Waals surface area contributed by atoms with Crippen LogP contribution in [0.5, 0.6) is 0 Å². The van der Waals surface area contributed by atoms with E-state index in [1.165, 1.54) is 0 Å². The average molecular weight is 362 g/mol. The van der Waals surface area contributed by atoms with Crippen LogP contribution in [0.2, 0.25) is 5.02 Å². The van der Waals surface area contributed by atoms with Crippen LogP contribution in [-0.4, -0.2) is 54.3 Å². The van der Waals surface area contributed by atoms with E-state index in [2.05, 4.69) is 5.32 Å². The van der Waals surface area contributed by atoms with E-state index in [-0.39, 0.29) is 29.7 Å². The van der Waals surface area contributed by atoms with Gasteiger partial charge in [-0.15, -0.1) is 0 Å². The number of rotatable bonds is 3. The van der Waals surface area contributed by atoms with Gasteiger partial charge in [-0.25, -0.2) is 0 Å². The zero-order valence-electron chi connectivity index (χ0n) is 14.3. The monoisotopic (exact) mass is 361 g/mol. The first-order valence-electron chi connectivity index (χ1n) is 9.09. The lowest BCUT2D eigenvalue weighted by Crippen LogP contribution is -2.52. The summed E-state index contributed by atoms with van der Waals surface area (Å²) < 4.78 is 0. The highest BCUT2D eigenvalue weighted by Crippen LogP contribution is 2.59. The molecule has 1 spiro atoms. The van der Waals surface area contributed by atoms with Crippen molar-refractivity contribution in [2.75, 3.05) is 32.7 Å². The highest BCUT2D eigenvalue weighted by atomic mass is 35.5. The third kappa shape index (κ3) is 3.40. The van der Waals surface area contributed by atoms with Crippen LogP contribution in [0.1, 0.15) is 24.8 Å². The molecule has 2 amide bonds. The predicted molar refractivity (Wildman–Crippen MR) is 96.1 cm³/mol. The van der Waals surface area contributed by atoms with Gasteiger partial charge < -0.3 is 15.1 Å². The number of benzene rings is 1. The van der Waals surface area contributed by atoms with Crippen molar-refractivity contribution in [2.24, 2.45) is 11.3 Å². The van der Waals surface area contributed by atoms with Gasteiger partial charge >= 0.3 is 0 Å². The molecule has 3 aliphatic rings. The maximum Gasteiger partial charge on any atom is 0.242 e. The molecule has 1 N–H and O–H groups in total. The fourth-order valence-electron chi connectivity index (χ4n) is 4.27. The summed E-state index contributed by atoms with van der Waals surface area (Å²) in [6.45, 7) is 4.07. The van der Waals surface area contributed by atoms with Crippen molar-refractivity contribution in [3.63, 3.8) is 0 Å². The molecule has 25 heavy (non-hydrogen) atoms. The third-order valence-corrected chi connectivity index (χ3v) is 6.26. The van der Waals surface area contributed by atoms with E-state index in [9.17, 15) is 9.59 Å². The van der Waals surface area contributed by atoms with Gasteiger partial charge in [0.15, 0.2) is 0 Å². The van der Waals surface area contributed by atoms with Crippen molar-refractivity contribution in [1.29, 1.82) is 0 Å². The molecule has 2 aliphatic heterocycles. The zero-order valence-corrected chi connectivity index (χ0v) is 15.1.